The Hall–Kier alpha value is -2.42. The topological polar surface area (TPSA) is 21.6 Å². The predicted molar refractivity (Wildman–Crippen MR) is 101 cm³/mol. The third-order valence-corrected chi connectivity index (χ3v) is 4.26. The monoisotopic (exact) mass is 337 g/mol. The molecule has 3 heteroatoms. The Morgan fingerprint density at radius 2 is 1.72 bits per heavy atom. The minimum absolute atomic E-state index is 0.0109. The van der Waals surface area contributed by atoms with Crippen LogP contribution in [0.25, 0.3) is 6.08 Å². The molecule has 2 nitrogen and oxygen atoms in total. The smallest absolute Gasteiger partial charge is 0.189 e. The maximum absolute atomic E-state index is 14.4. The second kappa shape index (κ2) is 7.22. The Morgan fingerprint density at radius 1 is 1.04 bits per heavy atom. The van der Waals surface area contributed by atoms with Crippen LogP contribution in [0.5, 0.6) is 0 Å². The van der Waals surface area contributed by atoms with Crippen molar-refractivity contribution in [2.24, 2.45) is 16.3 Å². The van der Waals surface area contributed by atoms with Gasteiger partial charge in [0, 0.05) is 16.9 Å². The van der Waals surface area contributed by atoms with Crippen molar-refractivity contribution >= 4 is 12.0 Å². The van der Waals surface area contributed by atoms with Gasteiger partial charge in [-0.25, -0.2) is 4.39 Å². The van der Waals surface area contributed by atoms with Crippen molar-refractivity contribution in [3.05, 3.63) is 77.6 Å². The van der Waals surface area contributed by atoms with Crippen LogP contribution in [0, 0.1) is 17.2 Å². The van der Waals surface area contributed by atoms with Crippen LogP contribution in [-0.2, 0) is 4.74 Å². The summed E-state index contributed by atoms with van der Waals surface area (Å²) in [5, 5.41) is 0. The van der Waals surface area contributed by atoms with Gasteiger partial charge in [0.2, 0.25) is 0 Å². The Morgan fingerprint density at radius 3 is 2.40 bits per heavy atom. The van der Waals surface area contributed by atoms with Crippen molar-refractivity contribution in [2.45, 2.75) is 26.9 Å². The SMILES string of the molecule is CC(C)(C)C1=NC[C@H](/C=C/c2ccccc2)[C@@H](c2ccccc2F)O1. The zero-order valence-electron chi connectivity index (χ0n) is 14.9. The van der Waals surface area contributed by atoms with Gasteiger partial charge in [-0.05, 0) is 11.6 Å². The fourth-order valence-corrected chi connectivity index (χ4v) is 2.90. The summed E-state index contributed by atoms with van der Waals surface area (Å²) in [6, 6.07) is 16.9. The van der Waals surface area contributed by atoms with E-state index in [-0.39, 0.29) is 23.3 Å². The van der Waals surface area contributed by atoms with Gasteiger partial charge in [0.05, 0.1) is 6.54 Å². The van der Waals surface area contributed by atoms with Gasteiger partial charge in [-0.15, -0.1) is 0 Å². The Balaban J connectivity index is 1.93. The number of hydrogen-bond donors (Lipinski definition) is 0. The zero-order chi connectivity index (χ0) is 17.9. The van der Waals surface area contributed by atoms with E-state index >= 15 is 0 Å². The molecule has 1 heterocycles. The molecule has 2 aromatic rings. The van der Waals surface area contributed by atoms with Crippen LogP contribution in [-0.4, -0.2) is 12.4 Å². The molecule has 0 aromatic heterocycles. The van der Waals surface area contributed by atoms with Gasteiger partial charge in [-0.1, -0.05) is 81.5 Å². The van der Waals surface area contributed by atoms with E-state index in [1.807, 2.05) is 36.4 Å². The molecule has 0 bridgehead atoms. The molecule has 1 aliphatic heterocycles. The molecule has 1 aliphatic rings. The van der Waals surface area contributed by atoms with E-state index in [2.05, 4.69) is 37.9 Å². The Labute approximate surface area is 149 Å². The first-order chi connectivity index (χ1) is 11.9. The summed E-state index contributed by atoms with van der Waals surface area (Å²) in [5.74, 6) is 0.439. The summed E-state index contributed by atoms with van der Waals surface area (Å²) < 4.78 is 20.6. The molecule has 0 fully saturated rings. The number of rotatable bonds is 3. The summed E-state index contributed by atoms with van der Waals surface area (Å²) in [7, 11) is 0. The number of ether oxygens (including phenoxy) is 1. The second-order valence-corrected chi connectivity index (χ2v) is 7.39. The summed E-state index contributed by atoms with van der Waals surface area (Å²) >= 11 is 0. The molecule has 3 rings (SSSR count). The normalized spacial score (nSPS) is 21.0. The molecule has 0 spiro atoms. The zero-order valence-corrected chi connectivity index (χ0v) is 14.9. The van der Waals surface area contributed by atoms with Gasteiger partial charge in [-0.2, -0.15) is 0 Å². The third kappa shape index (κ3) is 4.16. The van der Waals surface area contributed by atoms with Gasteiger partial charge in [-0.3, -0.25) is 4.99 Å². The number of nitrogens with zero attached hydrogens (tertiary/aromatic N) is 1. The standard InChI is InChI=1S/C22H24FNO/c1-22(2,3)21-24-15-17(14-13-16-9-5-4-6-10-16)20(25-21)18-11-7-8-12-19(18)23/h4-14,17,20H,15H2,1-3H3/b14-13+/t17-,20-/m0/s1. The quantitative estimate of drug-likeness (QED) is 0.707. The predicted octanol–water partition coefficient (Wildman–Crippen LogP) is 5.67. The van der Waals surface area contributed by atoms with E-state index in [0.717, 1.165) is 5.56 Å². The lowest BCUT2D eigenvalue weighted by Crippen LogP contribution is -2.33. The van der Waals surface area contributed by atoms with Crippen LogP contribution in [0.15, 0.2) is 65.7 Å². The first-order valence-electron chi connectivity index (χ1n) is 8.64. The fraction of sp³-hybridized carbons (Fsp3) is 0.318. The molecular weight excluding hydrogens is 313 g/mol. The molecule has 0 unspecified atom stereocenters. The van der Waals surface area contributed by atoms with Crippen LogP contribution in [0.2, 0.25) is 0 Å². The summed E-state index contributed by atoms with van der Waals surface area (Å²) in [4.78, 5) is 4.62. The number of hydrogen-bond acceptors (Lipinski definition) is 2. The van der Waals surface area contributed by atoms with Gasteiger partial charge in [0.15, 0.2) is 5.90 Å². The molecule has 0 saturated carbocycles. The molecule has 0 N–H and O–H groups in total. The van der Waals surface area contributed by atoms with Gasteiger partial charge in [0.25, 0.3) is 0 Å². The largest absolute Gasteiger partial charge is 0.472 e. The van der Waals surface area contributed by atoms with Crippen molar-refractivity contribution < 1.29 is 9.13 Å². The lowest BCUT2D eigenvalue weighted by atomic mass is 9.90. The average molecular weight is 337 g/mol. The van der Waals surface area contributed by atoms with Crippen LogP contribution < -0.4 is 0 Å². The van der Waals surface area contributed by atoms with Crippen LogP contribution in [0.4, 0.5) is 4.39 Å². The molecular formula is C22H24FNO. The lowest BCUT2D eigenvalue weighted by Gasteiger charge is -2.34. The Kier molecular flexibility index (Phi) is 5.03. The maximum Gasteiger partial charge on any atom is 0.189 e. The van der Waals surface area contributed by atoms with Crippen molar-refractivity contribution in [1.82, 2.24) is 0 Å². The maximum atomic E-state index is 14.4. The van der Waals surface area contributed by atoms with Gasteiger partial charge >= 0.3 is 0 Å². The second-order valence-electron chi connectivity index (χ2n) is 7.39. The first kappa shape index (κ1) is 17.4. The van der Waals surface area contributed by atoms with Gasteiger partial charge in [0.1, 0.15) is 11.9 Å². The highest BCUT2D eigenvalue weighted by atomic mass is 19.1. The highest BCUT2D eigenvalue weighted by Crippen LogP contribution is 2.36. The Bertz CT molecular complexity index is 774. The number of aliphatic imine (C=N–C) groups is 1. The third-order valence-electron chi connectivity index (χ3n) is 4.26. The van der Waals surface area contributed by atoms with E-state index < -0.39 is 0 Å². The molecule has 0 aliphatic carbocycles. The van der Waals surface area contributed by atoms with Crippen LogP contribution in [0.1, 0.15) is 38.0 Å². The van der Waals surface area contributed by atoms with Crippen LogP contribution >= 0.6 is 0 Å². The summed E-state index contributed by atoms with van der Waals surface area (Å²) in [5.41, 5.74) is 1.50. The first-order valence-corrected chi connectivity index (χ1v) is 8.64. The number of halogens is 1. The van der Waals surface area contributed by atoms with Crippen molar-refractivity contribution in [2.75, 3.05) is 6.54 Å². The van der Waals surface area contributed by atoms with Crippen molar-refractivity contribution in [3.63, 3.8) is 0 Å². The van der Waals surface area contributed by atoms with E-state index in [1.54, 1.807) is 12.1 Å². The molecule has 2 aromatic carbocycles. The van der Waals surface area contributed by atoms with E-state index in [9.17, 15) is 4.39 Å². The molecule has 0 amide bonds. The molecule has 130 valence electrons. The van der Waals surface area contributed by atoms with Gasteiger partial charge < -0.3 is 4.74 Å². The fourth-order valence-electron chi connectivity index (χ4n) is 2.90. The molecule has 0 saturated heterocycles. The summed E-state index contributed by atoms with van der Waals surface area (Å²) in [6.45, 7) is 6.77. The lowest BCUT2D eigenvalue weighted by molar-refractivity contribution is 0.108. The van der Waals surface area contributed by atoms with E-state index in [4.69, 9.17) is 4.74 Å². The number of benzene rings is 2. The van der Waals surface area contributed by atoms with Crippen molar-refractivity contribution in [1.29, 1.82) is 0 Å². The highest BCUT2D eigenvalue weighted by Gasteiger charge is 2.34. The van der Waals surface area contributed by atoms with Crippen LogP contribution in [0.3, 0.4) is 0 Å². The molecule has 2 atom stereocenters. The highest BCUT2D eigenvalue weighted by molar-refractivity contribution is 5.82. The minimum atomic E-state index is -0.368. The molecule has 0 radical (unpaired) electrons. The van der Waals surface area contributed by atoms with E-state index in [1.165, 1.54) is 6.07 Å². The average Bonchev–Trinajstić information content (AvgIpc) is 2.60. The van der Waals surface area contributed by atoms with E-state index in [0.29, 0.717) is 18.0 Å². The minimum Gasteiger partial charge on any atom is -0.472 e. The summed E-state index contributed by atoms with van der Waals surface area (Å²) in [6.07, 6.45) is 3.77. The van der Waals surface area contributed by atoms with Crippen molar-refractivity contribution in [3.8, 4) is 0 Å². The molecule has 25 heavy (non-hydrogen) atoms.